The second-order valence-electron chi connectivity index (χ2n) is 4.45. The second kappa shape index (κ2) is 6.68. The smallest absolute Gasteiger partial charge is 0.387 e. The first-order valence-electron chi connectivity index (χ1n) is 6.16. The number of hydrogen-bond acceptors (Lipinski definition) is 3. The number of aliphatic hydroxyl groups is 1. The number of amides is 1. The van der Waals surface area contributed by atoms with Crippen LogP contribution in [0.1, 0.15) is 26.9 Å². The first-order chi connectivity index (χ1) is 10.3. The molecule has 0 unspecified atom stereocenters. The van der Waals surface area contributed by atoms with Gasteiger partial charge < -0.3 is 10.4 Å². The molecule has 0 saturated heterocycles. The number of aliphatic hydroxyl groups excluding tert-OH is 1. The zero-order valence-corrected chi connectivity index (χ0v) is 12.6. The quantitative estimate of drug-likeness (QED) is 0.880. The standard InChI is InChI=1S/C14H11ClF3NO2S/c15-12-6-5-11(22-12)13(21)19-7-10(20)8-1-3-9(4-2-8)14(16,17)18/h1-6,10,20H,7H2,(H,19,21)/t10-/m1/s1. The molecule has 0 bridgehead atoms. The fourth-order valence-corrected chi connectivity index (χ4v) is 2.68. The van der Waals surface area contributed by atoms with E-state index in [0.717, 1.165) is 23.5 Å². The Labute approximate surface area is 133 Å². The maximum atomic E-state index is 12.4. The summed E-state index contributed by atoms with van der Waals surface area (Å²) in [5.41, 5.74) is -0.502. The van der Waals surface area contributed by atoms with Crippen molar-refractivity contribution in [1.29, 1.82) is 0 Å². The Bertz CT molecular complexity index is 655. The Morgan fingerprint density at radius 3 is 2.36 bits per heavy atom. The van der Waals surface area contributed by atoms with E-state index in [0.29, 0.717) is 9.21 Å². The molecule has 1 aromatic carbocycles. The molecule has 1 aromatic heterocycles. The molecule has 0 fully saturated rings. The molecule has 3 nitrogen and oxygen atoms in total. The van der Waals surface area contributed by atoms with Gasteiger partial charge in [-0.1, -0.05) is 23.7 Å². The third kappa shape index (κ3) is 4.22. The Kier molecular flexibility index (Phi) is 5.10. The van der Waals surface area contributed by atoms with Crippen molar-refractivity contribution in [3.8, 4) is 0 Å². The van der Waals surface area contributed by atoms with Crippen LogP contribution in [0.5, 0.6) is 0 Å². The molecule has 1 heterocycles. The van der Waals surface area contributed by atoms with E-state index in [2.05, 4.69) is 5.32 Å². The van der Waals surface area contributed by atoms with Crippen molar-refractivity contribution in [3.63, 3.8) is 0 Å². The Balaban J connectivity index is 1.95. The molecule has 2 aromatic rings. The number of benzene rings is 1. The number of carbonyl (C=O) groups excluding carboxylic acids is 1. The third-order valence-corrected chi connectivity index (χ3v) is 4.11. The summed E-state index contributed by atoms with van der Waals surface area (Å²) in [6, 6.07) is 7.27. The molecule has 0 saturated carbocycles. The molecule has 2 N–H and O–H groups in total. The zero-order valence-electron chi connectivity index (χ0n) is 11.0. The lowest BCUT2D eigenvalue weighted by Crippen LogP contribution is -2.27. The molecular weight excluding hydrogens is 339 g/mol. The minimum atomic E-state index is -4.42. The lowest BCUT2D eigenvalue weighted by atomic mass is 10.1. The van der Waals surface area contributed by atoms with E-state index in [1.165, 1.54) is 12.1 Å². The first kappa shape index (κ1) is 16.8. The van der Waals surface area contributed by atoms with E-state index >= 15 is 0 Å². The summed E-state index contributed by atoms with van der Waals surface area (Å²) in [6.07, 6.45) is -5.52. The van der Waals surface area contributed by atoms with Crippen LogP contribution in [0.4, 0.5) is 13.2 Å². The SMILES string of the molecule is O=C(NC[C@@H](O)c1ccc(C(F)(F)F)cc1)c1ccc(Cl)s1. The number of rotatable bonds is 4. The van der Waals surface area contributed by atoms with Gasteiger partial charge >= 0.3 is 6.18 Å². The average molecular weight is 350 g/mol. The van der Waals surface area contributed by atoms with Crippen molar-refractivity contribution in [2.75, 3.05) is 6.54 Å². The van der Waals surface area contributed by atoms with Crippen molar-refractivity contribution in [1.82, 2.24) is 5.32 Å². The molecule has 118 valence electrons. The lowest BCUT2D eigenvalue weighted by Gasteiger charge is -2.13. The molecule has 2 rings (SSSR count). The number of thiophene rings is 1. The summed E-state index contributed by atoms with van der Waals surface area (Å²) in [4.78, 5) is 12.2. The summed E-state index contributed by atoms with van der Waals surface area (Å²) in [5.74, 6) is -0.400. The van der Waals surface area contributed by atoms with E-state index in [9.17, 15) is 23.1 Å². The highest BCUT2D eigenvalue weighted by Crippen LogP contribution is 2.29. The van der Waals surface area contributed by atoms with Crippen molar-refractivity contribution >= 4 is 28.8 Å². The summed E-state index contributed by atoms with van der Waals surface area (Å²) < 4.78 is 37.8. The van der Waals surface area contributed by atoms with Crippen molar-refractivity contribution < 1.29 is 23.1 Å². The van der Waals surface area contributed by atoms with Crippen LogP contribution in [-0.2, 0) is 6.18 Å². The van der Waals surface area contributed by atoms with Gasteiger partial charge in [0.2, 0.25) is 0 Å². The zero-order chi connectivity index (χ0) is 16.3. The highest BCUT2D eigenvalue weighted by atomic mass is 35.5. The summed E-state index contributed by atoms with van der Waals surface area (Å²) in [6.45, 7) is -0.111. The number of halogens is 4. The molecule has 1 atom stereocenters. The summed E-state index contributed by atoms with van der Waals surface area (Å²) in [5, 5.41) is 12.4. The highest BCUT2D eigenvalue weighted by molar-refractivity contribution is 7.17. The predicted octanol–water partition coefficient (Wildman–Crippen LogP) is 3.88. The van der Waals surface area contributed by atoms with Crippen LogP contribution in [0.25, 0.3) is 0 Å². The predicted molar refractivity (Wildman–Crippen MR) is 78.1 cm³/mol. The fraction of sp³-hybridized carbons (Fsp3) is 0.214. The van der Waals surface area contributed by atoms with Crippen molar-refractivity contribution in [3.05, 3.63) is 56.7 Å². The molecule has 8 heteroatoms. The number of carbonyl (C=O) groups is 1. The van der Waals surface area contributed by atoms with Gasteiger partial charge in [-0.2, -0.15) is 13.2 Å². The third-order valence-electron chi connectivity index (χ3n) is 2.88. The summed E-state index contributed by atoms with van der Waals surface area (Å²) in [7, 11) is 0. The van der Waals surface area contributed by atoms with Crippen molar-refractivity contribution in [2.24, 2.45) is 0 Å². The molecule has 0 spiro atoms. The van der Waals surface area contributed by atoms with Gasteiger partial charge in [0.25, 0.3) is 5.91 Å². The Hall–Kier alpha value is -1.57. The van der Waals surface area contributed by atoms with Crippen LogP contribution in [0.2, 0.25) is 4.34 Å². The maximum Gasteiger partial charge on any atom is 0.416 e. The van der Waals surface area contributed by atoms with Gasteiger partial charge in [0, 0.05) is 6.54 Å². The largest absolute Gasteiger partial charge is 0.416 e. The Morgan fingerprint density at radius 2 is 1.86 bits per heavy atom. The fourth-order valence-electron chi connectivity index (χ4n) is 1.72. The minimum absolute atomic E-state index is 0.111. The van der Waals surface area contributed by atoms with Crippen LogP contribution in [0.15, 0.2) is 36.4 Å². The normalized spacial score (nSPS) is 13.0. The van der Waals surface area contributed by atoms with Gasteiger partial charge in [-0.3, -0.25) is 4.79 Å². The van der Waals surface area contributed by atoms with Gasteiger partial charge in [0.05, 0.1) is 20.9 Å². The van der Waals surface area contributed by atoms with Crippen LogP contribution in [0.3, 0.4) is 0 Å². The second-order valence-corrected chi connectivity index (χ2v) is 6.16. The van der Waals surface area contributed by atoms with E-state index in [-0.39, 0.29) is 12.1 Å². The topological polar surface area (TPSA) is 49.3 Å². The number of hydrogen-bond donors (Lipinski definition) is 2. The maximum absolute atomic E-state index is 12.4. The van der Waals surface area contributed by atoms with E-state index in [1.54, 1.807) is 12.1 Å². The van der Waals surface area contributed by atoms with Crippen molar-refractivity contribution in [2.45, 2.75) is 12.3 Å². The van der Waals surface area contributed by atoms with Gasteiger partial charge in [0.15, 0.2) is 0 Å². The van der Waals surface area contributed by atoms with Gasteiger partial charge in [-0.05, 0) is 29.8 Å². The molecule has 0 radical (unpaired) electrons. The molecular formula is C14H11ClF3NO2S. The van der Waals surface area contributed by atoms with Crippen LogP contribution < -0.4 is 5.32 Å². The molecule has 0 aliphatic carbocycles. The molecule has 0 aliphatic heterocycles. The van der Waals surface area contributed by atoms with Crippen LogP contribution >= 0.6 is 22.9 Å². The van der Waals surface area contributed by atoms with Gasteiger partial charge in [-0.15, -0.1) is 11.3 Å². The first-order valence-corrected chi connectivity index (χ1v) is 7.35. The minimum Gasteiger partial charge on any atom is -0.387 e. The highest BCUT2D eigenvalue weighted by Gasteiger charge is 2.30. The molecule has 0 aliphatic rings. The van der Waals surface area contributed by atoms with Gasteiger partial charge in [-0.25, -0.2) is 0 Å². The molecule has 22 heavy (non-hydrogen) atoms. The molecule has 1 amide bonds. The van der Waals surface area contributed by atoms with Gasteiger partial charge in [0.1, 0.15) is 0 Å². The van der Waals surface area contributed by atoms with Crippen LogP contribution in [0, 0.1) is 0 Å². The van der Waals surface area contributed by atoms with Crippen LogP contribution in [-0.4, -0.2) is 17.6 Å². The average Bonchev–Trinajstić information content (AvgIpc) is 2.90. The van der Waals surface area contributed by atoms with E-state index in [1.807, 2.05) is 0 Å². The summed E-state index contributed by atoms with van der Waals surface area (Å²) >= 11 is 6.81. The number of nitrogens with one attached hydrogen (secondary N) is 1. The van der Waals surface area contributed by atoms with E-state index in [4.69, 9.17) is 11.6 Å². The lowest BCUT2D eigenvalue weighted by molar-refractivity contribution is -0.137. The Morgan fingerprint density at radius 1 is 1.23 bits per heavy atom. The number of alkyl halides is 3. The van der Waals surface area contributed by atoms with E-state index < -0.39 is 23.8 Å². The monoisotopic (exact) mass is 349 g/mol.